The summed E-state index contributed by atoms with van der Waals surface area (Å²) in [6.07, 6.45) is 31.2. The van der Waals surface area contributed by atoms with Crippen LogP contribution in [-0.4, -0.2) is 0 Å². The Hall–Kier alpha value is -0.300. The van der Waals surface area contributed by atoms with Crippen molar-refractivity contribution in [3.8, 4) is 0 Å². The van der Waals surface area contributed by atoms with Crippen molar-refractivity contribution in [2.45, 2.75) is 201 Å². The first-order valence-corrected chi connectivity index (χ1v) is 17.3. The molecule has 1 rings (SSSR count). The van der Waals surface area contributed by atoms with Crippen molar-refractivity contribution in [1.82, 2.24) is 0 Å². The van der Waals surface area contributed by atoms with E-state index < -0.39 is 0 Å². The second kappa shape index (κ2) is 20.6. The van der Waals surface area contributed by atoms with Gasteiger partial charge in [-0.3, -0.25) is 0 Å². The minimum Gasteiger partial charge on any atom is -0.144 e. The highest BCUT2D eigenvalue weighted by molar-refractivity contribution is 7.12. The molecule has 0 aliphatic carbocycles. The molecule has 0 nitrogen and oxygen atoms in total. The van der Waals surface area contributed by atoms with Gasteiger partial charge in [-0.15, -0.1) is 11.3 Å². The number of unbranched alkanes of at least 4 members (excludes halogenated alkanes) is 18. The summed E-state index contributed by atoms with van der Waals surface area (Å²) in [5, 5.41) is 0. The first-order chi connectivity index (χ1) is 17.3. The highest BCUT2D eigenvalue weighted by Gasteiger charge is 2.26. The van der Waals surface area contributed by atoms with Gasteiger partial charge < -0.3 is 0 Å². The van der Waals surface area contributed by atoms with Gasteiger partial charge in [0.2, 0.25) is 0 Å². The highest BCUT2D eigenvalue weighted by Crippen LogP contribution is 2.42. The van der Waals surface area contributed by atoms with Gasteiger partial charge >= 0.3 is 0 Å². The Morgan fingerprint density at radius 1 is 0.500 bits per heavy atom. The van der Waals surface area contributed by atoms with Crippen LogP contribution in [-0.2, 0) is 18.3 Å². The van der Waals surface area contributed by atoms with Gasteiger partial charge in [0.1, 0.15) is 0 Å². The fourth-order valence-corrected chi connectivity index (χ4v) is 7.17. The summed E-state index contributed by atoms with van der Waals surface area (Å²) in [5.74, 6) is 0.663. The first kappa shape index (κ1) is 33.7. The number of rotatable bonds is 23. The Balaban J connectivity index is 2.53. The van der Waals surface area contributed by atoms with Crippen LogP contribution in [0.25, 0.3) is 0 Å². The third-order valence-corrected chi connectivity index (χ3v) is 9.91. The highest BCUT2D eigenvalue weighted by atomic mass is 32.1. The van der Waals surface area contributed by atoms with Crippen molar-refractivity contribution >= 4 is 11.3 Å². The molecule has 1 heteroatoms. The number of thiophene rings is 1. The van der Waals surface area contributed by atoms with Crippen molar-refractivity contribution in [3.05, 3.63) is 20.9 Å². The van der Waals surface area contributed by atoms with E-state index in [0.29, 0.717) is 5.92 Å². The summed E-state index contributed by atoms with van der Waals surface area (Å²) in [4.78, 5) is 3.40. The van der Waals surface area contributed by atoms with E-state index in [1.165, 1.54) is 141 Å². The van der Waals surface area contributed by atoms with E-state index in [0.717, 1.165) is 0 Å². The SMILES string of the molecule is CCCCCCCCCCCCc1c(C(C)C)sc(C(C)(C)C)c1CCCCCCCCCCCC. The van der Waals surface area contributed by atoms with Gasteiger partial charge in [-0.25, -0.2) is 0 Å². The van der Waals surface area contributed by atoms with E-state index in [1.54, 1.807) is 20.9 Å². The second-order valence-corrected chi connectivity index (χ2v) is 14.1. The molecule has 0 amide bonds. The molecule has 0 fully saturated rings. The molecule has 0 atom stereocenters. The molecule has 0 aliphatic heterocycles. The standard InChI is InChI=1S/C35H66S/c1-8-10-12-14-16-18-20-22-24-26-28-31-32(34(35(5,6)7)36-33(31)30(3)4)29-27-25-23-21-19-17-15-13-11-9-2/h30H,8-29H2,1-7H3. The van der Waals surface area contributed by atoms with E-state index >= 15 is 0 Å². The Bertz CT molecular complexity index is 630. The summed E-state index contributed by atoms with van der Waals surface area (Å²) >= 11 is 2.16. The minimum absolute atomic E-state index is 0.276. The van der Waals surface area contributed by atoms with Gasteiger partial charge in [0.05, 0.1) is 0 Å². The second-order valence-electron chi connectivity index (χ2n) is 13.0. The molecule has 1 aromatic heterocycles. The van der Waals surface area contributed by atoms with Crippen LogP contribution in [0.5, 0.6) is 0 Å². The van der Waals surface area contributed by atoms with Crippen LogP contribution in [0.1, 0.15) is 204 Å². The summed E-state index contributed by atoms with van der Waals surface area (Å²) in [6.45, 7) is 16.8. The lowest BCUT2D eigenvalue weighted by atomic mass is 9.86. The first-order valence-electron chi connectivity index (χ1n) is 16.5. The minimum atomic E-state index is 0.276. The molecule has 0 saturated carbocycles. The fraction of sp³-hybridized carbons (Fsp3) is 0.886. The van der Waals surface area contributed by atoms with E-state index in [1.807, 2.05) is 0 Å². The quantitative estimate of drug-likeness (QED) is 0.126. The van der Waals surface area contributed by atoms with Crippen molar-refractivity contribution in [2.24, 2.45) is 0 Å². The normalized spacial score (nSPS) is 12.2. The Morgan fingerprint density at radius 3 is 1.17 bits per heavy atom. The van der Waals surface area contributed by atoms with E-state index in [-0.39, 0.29) is 5.41 Å². The van der Waals surface area contributed by atoms with Crippen molar-refractivity contribution < 1.29 is 0 Å². The maximum Gasteiger partial charge on any atom is 0.0137 e. The predicted molar refractivity (Wildman–Crippen MR) is 168 cm³/mol. The zero-order valence-electron chi connectivity index (χ0n) is 26.0. The van der Waals surface area contributed by atoms with Crippen LogP contribution in [0, 0.1) is 0 Å². The molecule has 1 heterocycles. The molecule has 0 N–H and O–H groups in total. The molecule has 0 aromatic carbocycles. The van der Waals surface area contributed by atoms with E-state index in [2.05, 4.69) is 59.8 Å². The lowest BCUT2D eigenvalue weighted by Crippen LogP contribution is -2.12. The Kier molecular flexibility index (Phi) is 19.3. The summed E-state index contributed by atoms with van der Waals surface area (Å²) < 4.78 is 0. The lowest BCUT2D eigenvalue weighted by Gasteiger charge is -2.20. The molecule has 0 radical (unpaired) electrons. The van der Waals surface area contributed by atoms with Crippen molar-refractivity contribution in [2.75, 3.05) is 0 Å². The third kappa shape index (κ3) is 14.6. The van der Waals surface area contributed by atoms with Crippen LogP contribution < -0.4 is 0 Å². The molecule has 1 aromatic rings. The monoisotopic (exact) mass is 518 g/mol. The molecule has 36 heavy (non-hydrogen) atoms. The average Bonchev–Trinajstić information content (AvgIpc) is 3.20. The zero-order valence-corrected chi connectivity index (χ0v) is 26.9. The van der Waals surface area contributed by atoms with Crippen LogP contribution in [0.3, 0.4) is 0 Å². The molecule has 0 unspecified atom stereocenters. The molecule has 0 saturated heterocycles. The number of hydrogen-bond donors (Lipinski definition) is 0. The Morgan fingerprint density at radius 2 is 0.833 bits per heavy atom. The molecule has 0 spiro atoms. The average molecular weight is 519 g/mol. The molecule has 0 bridgehead atoms. The maximum atomic E-state index is 2.44. The van der Waals surface area contributed by atoms with E-state index in [9.17, 15) is 0 Å². The van der Waals surface area contributed by atoms with Gasteiger partial charge in [-0.1, -0.05) is 164 Å². The topological polar surface area (TPSA) is 0 Å². The van der Waals surface area contributed by atoms with Crippen molar-refractivity contribution in [3.63, 3.8) is 0 Å². The fourth-order valence-electron chi connectivity index (χ4n) is 5.71. The van der Waals surface area contributed by atoms with E-state index in [4.69, 9.17) is 0 Å². The summed E-state index contributed by atoms with van der Waals surface area (Å²) in [7, 11) is 0. The smallest absolute Gasteiger partial charge is 0.0137 e. The van der Waals surface area contributed by atoms with Gasteiger partial charge in [0, 0.05) is 9.75 Å². The van der Waals surface area contributed by atoms with Crippen LogP contribution in [0.15, 0.2) is 0 Å². The number of hydrogen-bond acceptors (Lipinski definition) is 1. The van der Waals surface area contributed by atoms with Gasteiger partial charge in [0.25, 0.3) is 0 Å². The Labute approximate surface area is 232 Å². The lowest BCUT2D eigenvalue weighted by molar-refractivity contribution is 0.549. The maximum absolute atomic E-state index is 2.44. The predicted octanol–water partition coefficient (Wildman–Crippen LogP) is 13.1. The van der Waals surface area contributed by atoms with Gasteiger partial charge in [0.15, 0.2) is 0 Å². The molecular weight excluding hydrogens is 452 g/mol. The summed E-state index contributed by atoms with van der Waals surface area (Å²) in [5.41, 5.74) is 3.82. The van der Waals surface area contributed by atoms with Crippen LogP contribution >= 0.6 is 11.3 Å². The van der Waals surface area contributed by atoms with Crippen LogP contribution in [0.2, 0.25) is 0 Å². The molecular formula is C35H66S. The van der Waals surface area contributed by atoms with Crippen molar-refractivity contribution in [1.29, 1.82) is 0 Å². The zero-order chi connectivity index (χ0) is 26.7. The van der Waals surface area contributed by atoms with Gasteiger partial charge in [-0.05, 0) is 48.1 Å². The molecule has 0 aliphatic rings. The largest absolute Gasteiger partial charge is 0.144 e. The van der Waals surface area contributed by atoms with Crippen LogP contribution in [0.4, 0.5) is 0 Å². The third-order valence-electron chi connectivity index (χ3n) is 7.91. The van der Waals surface area contributed by atoms with Gasteiger partial charge in [-0.2, -0.15) is 0 Å². The molecule has 212 valence electrons. The summed E-state index contributed by atoms with van der Waals surface area (Å²) in [6, 6.07) is 0.